The molecule has 0 fully saturated rings. The van der Waals surface area contributed by atoms with Gasteiger partial charge in [-0.3, -0.25) is 0 Å². The first-order valence-corrected chi connectivity index (χ1v) is 9.44. The zero-order chi connectivity index (χ0) is 16.4. The molecule has 0 bridgehead atoms. The maximum absolute atomic E-state index is 11.8. The Labute approximate surface area is 143 Å². The van der Waals surface area contributed by atoms with E-state index in [0.29, 0.717) is 31.9 Å². The van der Waals surface area contributed by atoms with Crippen molar-refractivity contribution in [2.24, 2.45) is 0 Å². The number of ether oxygens (including phenoxy) is 2. The number of methoxy groups -OCH3 is 1. The molecule has 4 heteroatoms. The van der Waals surface area contributed by atoms with E-state index in [9.17, 15) is 4.79 Å². The Hall–Kier alpha value is -1.77. The average molecular weight is 375 g/mol. The van der Waals surface area contributed by atoms with Crippen LogP contribution >= 0.6 is 0 Å². The molecule has 0 saturated heterocycles. The topological polar surface area (TPSA) is 35.5 Å². The van der Waals surface area contributed by atoms with Crippen LogP contribution in [0.3, 0.4) is 0 Å². The van der Waals surface area contributed by atoms with Crippen LogP contribution in [0.2, 0.25) is 4.82 Å². The van der Waals surface area contributed by atoms with E-state index in [-0.39, 0.29) is 11.4 Å². The maximum atomic E-state index is 11.8. The zero-order valence-electron chi connectivity index (χ0n) is 13.5. The van der Waals surface area contributed by atoms with E-state index in [1.165, 1.54) is 11.6 Å². The molecule has 0 N–H and O–H groups in total. The summed E-state index contributed by atoms with van der Waals surface area (Å²) in [7, 11) is 1.41. The number of carbonyl (C=O) groups excluding carboxylic acids is 1. The van der Waals surface area contributed by atoms with E-state index in [1.807, 2.05) is 18.2 Å². The fourth-order valence-electron chi connectivity index (χ4n) is 2.80. The van der Waals surface area contributed by atoms with Crippen molar-refractivity contribution in [1.82, 2.24) is 0 Å². The van der Waals surface area contributed by atoms with Gasteiger partial charge >= 0.3 is 143 Å². The molecule has 23 heavy (non-hydrogen) atoms. The van der Waals surface area contributed by atoms with Gasteiger partial charge in [0.15, 0.2) is 0 Å². The summed E-state index contributed by atoms with van der Waals surface area (Å²) in [4.78, 5) is 12.2. The van der Waals surface area contributed by atoms with Gasteiger partial charge in [0.05, 0.1) is 0 Å². The molecule has 0 aliphatic carbocycles. The number of rotatable bonds is 3. The van der Waals surface area contributed by atoms with Gasteiger partial charge in [0.2, 0.25) is 0 Å². The molecule has 1 heterocycles. The molecule has 0 amide bonds. The summed E-state index contributed by atoms with van der Waals surface area (Å²) in [6.07, 6.45) is 0. The Balaban J connectivity index is 1.93. The molecular formula is C19H20O3Se. The van der Waals surface area contributed by atoms with E-state index in [1.54, 1.807) is 6.07 Å². The SMILES string of the molecule is COC(=O)c1ccc2c(c1)C(C)(C)[C@@H]([Se]c1ccccc1)CO2. The van der Waals surface area contributed by atoms with Gasteiger partial charge in [-0.05, 0) is 0 Å². The molecule has 1 atom stereocenters. The number of hydrogen-bond acceptors (Lipinski definition) is 3. The zero-order valence-corrected chi connectivity index (χ0v) is 15.2. The molecular weight excluding hydrogens is 355 g/mol. The van der Waals surface area contributed by atoms with Crippen LogP contribution < -0.4 is 9.20 Å². The molecule has 2 aromatic carbocycles. The van der Waals surface area contributed by atoms with Crippen molar-refractivity contribution in [2.75, 3.05) is 13.7 Å². The quantitative estimate of drug-likeness (QED) is 0.611. The third-order valence-corrected chi connectivity index (χ3v) is 7.57. The van der Waals surface area contributed by atoms with Crippen LogP contribution in [0.15, 0.2) is 48.5 Å². The summed E-state index contributed by atoms with van der Waals surface area (Å²) in [6.45, 7) is 5.20. The van der Waals surface area contributed by atoms with Gasteiger partial charge in [0.1, 0.15) is 0 Å². The van der Waals surface area contributed by atoms with Crippen LogP contribution in [0.5, 0.6) is 5.75 Å². The monoisotopic (exact) mass is 376 g/mol. The Morgan fingerprint density at radius 2 is 1.96 bits per heavy atom. The number of fused-ring (bicyclic) bond motifs is 1. The van der Waals surface area contributed by atoms with Gasteiger partial charge in [-0.15, -0.1) is 0 Å². The Morgan fingerprint density at radius 1 is 1.22 bits per heavy atom. The summed E-state index contributed by atoms with van der Waals surface area (Å²) < 4.78 is 12.2. The standard InChI is InChI=1S/C19H20O3Se/c1-19(2)15-11-13(18(20)21-3)9-10-16(15)22-12-17(19)23-14-7-5-4-6-8-14/h4-11,17H,12H2,1-3H3/t17-/m0/s1. The van der Waals surface area contributed by atoms with Crippen LogP contribution in [0.1, 0.15) is 29.8 Å². The van der Waals surface area contributed by atoms with Gasteiger partial charge in [-0.2, -0.15) is 0 Å². The van der Waals surface area contributed by atoms with E-state index < -0.39 is 0 Å². The summed E-state index contributed by atoms with van der Waals surface area (Å²) in [5.41, 5.74) is 1.62. The Bertz CT molecular complexity index is 710. The molecule has 120 valence electrons. The Kier molecular flexibility index (Phi) is 4.47. The minimum absolute atomic E-state index is 0.0482. The number of esters is 1. The van der Waals surface area contributed by atoms with Crippen molar-refractivity contribution in [2.45, 2.75) is 24.1 Å². The summed E-state index contributed by atoms with van der Waals surface area (Å²) in [6, 6.07) is 16.1. The van der Waals surface area contributed by atoms with E-state index in [4.69, 9.17) is 9.47 Å². The van der Waals surface area contributed by atoms with Crippen LogP contribution in [0.25, 0.3) is 0 Å². The number of carbonyl (C=O) groups is 1. The number of benzene rings is 2. The van der Waals surface area contributed by atoms with Crippen LogP contribution in [0, 0.1) is 0 Å². The molecule has 0 radical (unpaired) electrons. The molecule has 0 spiro atoms. The second-order valence-electron chi connectivity index (χ2n) is 6.15. The molecule has 0 saturated carbocycles. The third kappa shape index (κ3) is 3.15. The fourth-order valence-corrected chi connectivity index (χ4v) is 5.31. The van der Waals surface area contributed by atoms with Gasteiger partial charge < -0.3 is 0 Å². The van der Waals surface area contributed by atoms with Crippen molar-refractivity contribution in [3.63, 3.8) is 0 Å². The van der Waals surface area contributed by atoms with Gasteiger partial charge in [-0.25, -0.2) is 0 Å². The first-order chi connectivity index (χ1) is 11.0. The molecule has 3 rings (SSSR count). The molecule has 0 aromatic heterocycles. The molecule has 3 nitrogen and oxygen atoms in total. The molecule has 2 aromatic rings. The van der Waals surface area contributed by atoms with Gasteiger partial charge in [0.25, 0.3) is 0 Å². The molecule has 0 unspecified atom stereocenters. The predicted molar refractivity (Wildman–Crippen MR) is 91.9 cm³/mol. The van der Waals surface area contributed by atoms with E-state index in [2.05, 4.69) is 38.1 Å². The first-order valence-electron chi connectivity index (χ1n) is 7.59. The molecule has 1 aliphatic rings. The average Bonchev–Trinajstić information content (AvgIpc) is 2.57. The van der Waals surface area contributed by atoms with E-state index >= 15 is 0 Å². The van der Waals surface area contributed by atoms with Crippen molar-refractivity contribution in [1.29, 1.82) is 0 Å². The van der Waals surface area contributed by atoms with Crippen molar-refractivity contribution in [3.8, 4) is 5.75 Å². The summed E-state index contributed by atoms with van der Waals surface area (Å²) in [5.74, 6) is 0.571. The first kappa shape index (κ1) is 16.1. The van der Waals surface area contributed by atoms with Crippen molar-refractivity contribution < 1.29 is 14.3 Å². The summed E-state index contributed by atoms with van der Waals surface area (Å²) >= 11 is 0.309. The van der Waals surface area contributed by atoms with Gasteiger partial charge in [-0.1, -0.05) is 0 Å². The van der Waals surface area contributed by atoms with E-state index in [0.717, 1.165) is 11.3 Å². The van der Waals surface area contributed by atoms with Crippen LogP contribution in [0.4, 0.5) is 0 Å². The minimum atomic E-state index is -0.306. The Morgan fingerprint density at radius 3 is 2.65 bits per heavy atom. The van der Waals surface area contributed by atoms with Gasteiger partial charge in [0, 0.05) is 0 Å². The fraction of sp³-hybridized carbons (Fsp3) is 0.316. The van der Waals surface area contributed by atoms with Crippen LogP contribution in [-0.2, 0) is 10.2 Å². The predicted octanol–water partition coefficient (Wildman–Crippen LogP) is 2.96. The third-order valence-electron chi connectivity index (χ3n) is 4.31. The molecule has 1 aliphatic heterocycles. The van der Waals surface area contributed by atoms with Crippen molar-refractivity contribution >= 4 is 25.4 Å². The number of hydrogen-bond donors (Lipinski definition) is 0. The second kappa shape index (κ2) is 6.38. The summed E-state index contributed by atoms with van der Waals surface area (Å²) in [5, 5.41) is 0. The van der Waals surface area contributed by atoms with Crippen LogP contribution in [-0.4, -0.2) is 34.6 Å². The van der Waals surface area contributed by atoms with Crippen molar-refractivity contribution in [3.05, 3.63) is 59.7 Å². The normalized spacial score (nSPS) is 18.7. The second-order valence-corrected chi connectivity index (χ2v) is 8.83.